The van der Waals surface area contributed by atoms with Crippen molar-refractivity contribution in [1.82, 2.24) is 0 Å². The lowest BCUT2D eigenvalue weighted by molar-refractivity contribution is -1.12. The molecule has 0 aromatic rings. The van der Waals surface area contributed by atoms with Crippen molar-refractivity contribution in [2.45, 2.75) is 39.3 Å². The first-order valence-corrected chi connectivity index (χ1v) is 3.73. The first kappa shape index (κ1) is 6.99. The Morgan fingerprint density at radius 2 is 0.889 bits per heavy atom. The Morgan fingerprint density at radius 3 is 1.11 bits per heavy atom. The highest BCUT2D eigenvalue weighted by Gasteiger charge is 2.27. The second-order valence-electron chi connectivity index (χ2n) is 3.15. The van der Waals surface area contributed by atoms with E-state index in [-0.39, 0.29) is 0 Å². The number of quaternary nitrogens is 3. The van der Waals surface area contributed by atoms with E-state index in [4.69, 9.17) is 0 Å². The summed E-state index contributed by atoms with van der Waals surface area (Å²) < 4.78 is 0. The lowest BCUT2D eigenvalue weighted by Gasteiger charge is -2.23. The summed E-state index contributed by atoms with van der Waals surface area (Å²) >= 11 is 0. The van der Waals surface area contributed by atoms with Crippen LogP contribution in [0.3, 0.4) is 0 Å². The minimum atomic E-state index is 0.708. The molecule has 1 aliphatic rings. The molecular formula is C6H18N3+3. The van der Waals surface area contributed by atoms with Crippen LogP contribution < -0.4 is 16.0 Å². The van der Waals surface area contributed by atoms with Crippen LogP contribution in [0, 0.1) is 0 Å². The summed E-state index contributed by atoms with van der Waals surface area (Å²) in [7, 11) is 0. The van der Waals surface area contributed by atoms with Gasteiger partial charge < -0.3 is 0 Å². The molecule has 0 aromatic carbocycles. The maximum atomic E-state index is 2.38. The molecule has 1 aliphatic heterocycles. The first-order chi connectivity index (χ1) is 4.18. The molecule has 0 amide bonds. The molecule has 0 saturated carbocycles. The van der Waals surface area contributed by atoms with Crippen LogP contribution in [0.5, 0.6) is 0 Å². The Bertz CT molecular complexity index is 69.3. The van der Waals surface area contributed by atoms with Gasteiger partial charge in [-0.3, -0.25) is 0 Å². The minimum absolute atomic E-state index is 0.708. The molecule has 54 valence electrons. The standard InChI is InChI=1S/C6H15N3/c1-4-7-5(2)9-6(3)8-4/h4-9H,1-3H3/p+3. The van der Waals surface area contributed by atoms with E-state index in [0.717, 1.165) is 0 Å². The third-order valence-corrected chi connectivity index (χ3v) is 1.82. The molecule has 1 fully saturated rings. The maximum Gasteiger partial charge on any atom is 0.216 e. The third kappa shape index (κ3) is 1.93. The van der Waals surface area contributed by atoms with E-state index in [9.17, 15) is 0 Å². The fraction of sp³-hybridized carbons (Fsp3) is 1.00. The van der Waals surface area contributed by atoms with E-state index in [0.29, 0.717) is 18.5 Å². The van der Waals surface area contributed by atoms with Crippen LogP contribution in [0.15, 0.2) is 0 Å². The van der Waals surface area contributed by atoms with Crippen molar-refractivity contribution in [2.75, 3.05) is 0 Å². The lowest BCUT2D eigenvalue weighted by atomic mass is 10.3. The van der Waals surface area contributed by atoms with Crippen molar-refractivity contribution in [3.63, 3.8) is 0 Å². The van der Waals surface area contributed by atoms with Gasteiger partial charge in [0.15, 0.2) is 0 Å². The summed E-state index contributed by atoms with van der Waals surface area (Å²) in [5, 5.41) is 7.12. The van der Waals surface area contributed by atoms with Gasteiger partial charge in [0.05, 0.1) is 0 Å². The normalized spacial score (nSPS) is 45.0. The SMILES string of the molecule is CC1[NH2+]C(C)[NH2+]C(C)[NH2+]1. The van der Waals surface area contributed by atoms with Crippen LogP contribution in [0.25, 0.3) is 0 Å². The minimum Gasteiger partial charge on any atom is -0.249 e. The maximum absolute atomic E-state index is 2.38. The molecule has 9 heavy (non-hydrogen) atoms. The van der Waals surface area contributed by atoms with Crippen LogP contribution >= 0.6 is 0 Å². The topological polar surface area (TPSA) is 49.8 Å². The van der Waals surface area contributed by atoms with E-state index in [1.54, 1.807) is 0 Å². The predicted octanol–water partition coefficient (Wildman–Crippen LogP) is -3.27. The average Bonchev–Trinajstić information content (AvgIpc) is 1.59. The molecule has 0 aliphatic carbocycles. The Labute approximate surface area is 56.2 Å². The zero-order valence-corrected chi connectivity index (χ0v) is 6.46. The number of rotatable bonds is 0. The molecule has 1 rings (SSSR count). The van der Waals surface area contributed by atoms with E-state index in [2.05, 4.69) is 36.7 Å². The molecule has 0 unspecified atom stereocenters. The zero-order chi connectivity index (χ0) is 6.85. The average molecular weight is 132 g/mol. The van der Waals surface area contributed by atoms with Gasteiger partial charge in [-0.2, -0.15) is 0 Å². The molecule has 3 nitrogen and oxygen atoms in total. The van der Waals surface area contributed by atoms with Gasteiger partial charge >= 0.3 is 0 Å². The van der Waals surface area contributed by atoms with E-state index in [1.165, 1.54) is 0 Å². The molecular weight excluding hydrogens is 114 g/mol. The fourth-order valence-corrected chi connectivity index (χ4v) is 1.63. The van der Waals surface area contributed by atoms with Crippen molar-refractivity contribution in [1.29, 1.82) is 0 Å². The van der Waals surface area contributed by atoms with Gasteiger partial charge in [0.25, 0.3) is 0 Å². The van der Waals surface area contributed by atoms with E-state index < -0.39 is 0 Å². The molecule has 0 radical (unpaired) electrons. The van der Waals surface area contributed by atoms with Crippen molar-refractivity contribution in [2.24, 2.45) is 0 Å². The fourth-order valence-electron chi connectivity index (χ4n) is 1.63. The molecule has 0 spiro atoms. The highest BCUT2D eigenvalue weighted by atomic mass is 15.3. The number of nitrogens with two attached hydrogens (primary N) is 3. The molecule has 6 N–H and O–H groups in total. The van der Waals surface area contributed by atoms with Gasteiger partial charge in [-0.25, -0.2) is 16.0 Å². The highest BCUT2D eigenvalue weighted by molar-refractivity contribution is 4.25. The largest absolute Gasteiger partial charge is 0.249 e. The summed E-state index contributed by atoms with van der Waals surface area (Å²) in [6.45, 7) is 6.75. The summed E-state index contributed by atoms with van der Waals surface area (Å²) in [6, 6.07) is 0. The van der Waals surface area contributed by atoms with Gasteiger partial charge in [-0.1, -0.05) is 0 Å². The smallest absolute Gasteiger partial charge is 0.216 e. The number of hydrogen-bond acceptors (Lipinski definition) is 0. The molecule has 0 atom stereocenters. The van der Waals surface area contributed by atoms with Gasteiger partial charge in [-0.05, 0) is 0 Å². The van der Waals surface area contributed by atoms with Gasteiger partial charge in [0.1, 0.15) is 0 Å². The second kappa shape index (κ2) is 2.64. The molecule has 0 bridgehead atoms. The Kier molecular flexibility index (Phi) is 2.05. The van der Waals surface area contributed by atoms with Gasteiger partial charge in [0, 0.05) is 20.8 Å². The predicted molar refractivity (Wildman–Crippen MR) is 34.2 cm³/mol. The Morgan fingerprint density at radius 1 is 0.667 bits per heavy atom. The Balaban J connectivity index is 2.34. The lowest BCUT2D eigenvalue weighted by Crippen LogP contribution is -3.35. The zero-order valence-electron chi connectivity index (χ0n) is 6.46. The van der Waals surface area contributed by atoms with Crippen LogP contribution in [-0.4, -0.2) is 18.5 Å². The van der Waals surface area contributed by atoms with Crippen molar-refractivity contribution < 1.29 is 16.0 Å². The van der Waals surface area contributed by atoms with E-state index in [1.807, 2.05) is 0 Å². The molecule has 3 heteroatoms. The Hall–Kier alpha value is -0.120. The molecule has 0 aromatic heterocycles. The second-order valence-corrected chi connectivity index (χ2v) is 3.15. The van der Waals surface area contributed by atoms with Crippen LogP contribution in [0.1, 0.15) is 20.8 Å². The van der Waals surface area contributed by atoms with Crippen molar-refractivity contribution in [3.8, 4) is 0 Å². The van der Waals surface area contributed by atoms with Gasteiger partial charge in [-0.15, -0.1) is 0 Å². The highest BCUT2D eigenvalue weighted by Crippen LogP contribution is 1.61. The van der Waals surface area contributed by atoms with Crippen LogP contribution in [0.4, 0.5) is 0 Å². The molecule has 1 saturated heterocycles. The third-order valence-electron chi connectivity index (χ3n) is 1.82. The summed E-state index contributed by atoms with van der Waals surface area (Å²) in [4.78, 5) is 0. The monoisotopic (exact) mass is 132 g/mol. The first-order valence-electron chi connectivity index (χ1n) is 3.73. The van der Waals surface area contributed by atoms with Crippen molar-refractivity contribution in [3.05, 3.63) is 0 Å². The van der Waals surface area contributed by atoms with Crippen LogP contribution in [-0.2, 0) is 0 Å². The van der Waals surface area contributed by atoms with Crippen LogP contribution in [0.2, 0.25) is 0 Å². The van der Waals surface area contributed by atoms with Crippen molar-refractivity contribution >= 4 is 0 Å². The summed E-state index contributed by atoms with van der Waals surface area (Å²) in [5.74, 6) is 0. The summed E-state index contributed by atoms with van der Waals surface area (Å²) in [6.07, 6.45) is 2.12. The summed E-state index contributed by atoms with van der Waals surface area (Å²) in [5.41, 5.74) is 0. The molecule has 1 heterocycles. The van der Waals surface area contributed by atoms with Gasteiger partial charge in [0.2, 0.25) is 18.5 Å². The number of hydrogen-bond donors (Lipinski definition) is 3. The van der Waals surface area contributed by atoms with E-state index >= 15 is 0 Å². The quantitative estimate of drug-likeness (QED) is 0.310.